The van der Waals surface area contributed by atoms with Crippen LogP contribution < -0.4 is 5.32 Å². The number of carbonyl (C=O) groups excluding carboxylic acids is 1. The van der Waals surface area contributed by atoms with Crippen LogP contribution in [0.25, 0.3) is 0 Å². The van der Waals surface area contributed by atoms with Crippen molar-refractivity contribution in [3.63, 3.8) is 0 Å². The van der Waals surface area contributed by atoms with Gasteiger partial charge in [-0.25, -0.2) is 9.97 Å². The predicted molar refractivity (Wildman–Crippen MR) is 57.7 cm³/mol. The van der Waals surface area contributed by atoms with E-state index in [9.17, 15) is 9.90 Å². The number of carbonyl (C=O) groups is 1. The Morgan fingerprint density at radius 2 is 2.12 bits per heavy atom. The summed E-state index contributed by atoms with van der Waals surface area (Å²) in [4.78, 5) is 19.3. The molecule has 2 N–H and O–H groups in total. The Hall–Kier alpha value is -1.49. The maximum Gasteiger partial charge on any atom is 0.254 e. The minimum absolute atomic E-state index is 0.00945. The van der Waals surface area contributed by atoms with Crippen LogP contribution in [0.1, 0.15) is 30.6 Å². The van der Waals surface area contributed by atoms with Gasteiger partial charge in [0.05, 0.1) is 11.7 Å². The molecule has 5 nitrogen and oxygen atoms in total. The van der Waals surface area contributed by atoms with Crippen molar-refractivity contribution >= 4 is 5.91 Å². The van der Waals surface area contributed by atoms with Crippen LogP contribution in [0.5, 0.6) is 0 Å². The summed E-state index contributed by atoms with van der Waals surface area (Å²) in [6.07, 6.45) is 4.60. The molecule has 86 valence electrons. The first-order valence-corrected chi connectivity index (χ1v) is 5.25. The van der Waals surface area contributed by atoms with Crippen LogP contribution in [0, 0.1) is 5.41 Å². The molecule has 0 spiro atoms. The van der Waals surface area contributed by atoms with Gasteiger partial charge in [-0.15, -0.1) is 0 Å². The number of rotatable bonds is 2. The number of hydrogen-bond donors (Lipinski definition) is 2. The molecule has 1 aliphatic carbocycles. The van der Waals surface area contributed by atoms with Gasteiger partial charge in [-0.1, -0.05) is 13.8 Å². The summed E-state index contributed by atoms with van der Waals surface area (Å²) in [5.41, 5.74) is 0.186. The third kappa shape index (κ3) is 1.78. The van der Waals surface area contributed by atoms with Crippen molar-refractivity contribution in [2.45, 2.75) is 32.4 Å². The van der Waals surface area contributed by atoms with E-state index in [0.29, 0.717) is 12.0 Å². The molecule has 0 aliphatic heterocycles. The zero-order valence-electron chi connectivity index (χ0n) is 9.34. The second kappa shape index (κ2) is 3.83. The fourth-order valence-electron chi connectivity index (χ4n) is 1.81. The van der Waals surface area contributed by atoms with Gasteiger partial charge in [-0.05, 0) is 6.42 Å². The largest absolute Gasteiger partial charge is 0.392 e. The van der Waals surface area contributed by atoms with Crippen LogP contribution >= 0.6 is 0 Å². The standard InChI is InChI=1S/C11H15N3O2/c1-11(2)8(3-9(11)15)14-10(16)7-4-12-6-13-5-7/h4-6,8-9,15H,3H2,1-2H3,(H,14,16). The molecule has 0 saturated heterocycles. The van der Waals surface area contributed by atoms with E-state index in [4.69, 9.17) is 0 Å². The molecule has 0 bridgehead atoms. The maximum absolute atomic E-state index is 11.8. The first kappa shape index (κ1) is 11.0. The summed E-state index contributed by atoms with van der Waals surface area (Å²) in [6.45, 7) is 3.88. The van der Waals surface area contributed by atoms with Crippen LogP contribution in [-0.2, 0) is 0 Å². The zero-order chi connectivity index (χ0) is 11.8. The van der Waals surface area contributed by atoms with Gasteiger partial charge in [0.1, 0.15) is 6.33 Å². The van der Waals surface area contributed by atoms with Crippen LogP contribution in [0.4, 0.5) is 0 Å². The first-order chi connectivity index (χ1) is 7.51. The van der Waals surface area contributed by atoms with E-state index in [2.05, 4.69) is 15.3 Å². The lowest BCUT2D eigenvalue weighted by Gasteiger charge is -2.49. The fourth-order valence-corrected chi connectivity index (χ4v) is 1.81. The summed E-state index contributed by atoms with van der Waals surface area (Å²) >= 11 is 0. The Labute approximate surface area is 93.9 Å². The molecule has 5 heteroatoms. The summed E-state index contributed by atoms with van der Waals surface area (Å²) < 4.78 is 0. The van der Waals surface area contributed by atoms with Gasteiger partial charge >= 0.3 is 0 Å². The van der Waals surface area contributed by atoms with Crippen molar-refractivity contribution in [2.75, 3.05) is 0 Å². The molecule has 1 fully saturated rings. The van der Waals surface area contributed by atoms with E-state index >= 15 is 0 Å². The van der Waals surface area contributed by atoms with Crippen LogP contribution in [-0.4, -0.2) is 33.1 Å². The molecule has 1 amide bonds. The number of aliphatic hydroxyl groups is 1. The van der Waals surface area contributed by atoms with Crippen molar-refractivity contribution in [2.24, 2.45) is 5.41 Å². The van der Waals surface area contributed by atoms with Crippen LogP contribution in [0.15, 0.2) is 18.7 Å². The molecule has 16 heavy (non-hydrogen) atoms. The topological polar surface area (TPSA) is 75.1 Å². The molecule has 2 unspecified atom stereocenters. The molecule has 2 rings (SSSR count). The first-order valence-electron chi connectivity index (χ1n) is 5.25. The van der Waals surface area contributed by atoms with Crippen LogP contribution in [0.3, 0.4) is 0 Å². The minimum Gasteiger partial charge on any atom is -0.392 e. The summed E-state index contributed by atoms with van der Waals surface area (Å²) in [5.74, 6) is -0.189. The molecular formula is C11H15N3O2. The highest BCUT2D eigenvalue weighted by Crippen LogP contribution is 2.40. The third-order valence-electron chi connectivity index (χ3n) is 3.34. The molecule has 1 heterocycles. The Morgan fingerprint density at radius 1 is 1.50 bits per heavy atom. The number of nitrogens with one attached hydrogen (secondary N) is 1. The van der Waals surface area contributed by atoms with Gasteiger partial charge in [0.25, 0.3) is 5.91 Å². The van der Waals surface area contributed by atoms with Gasteiger partial charge in [-0.2, -0.15) is 0 Å². The van der Waals surface area contributed by atoms with E-state index in [0.717, 1.165) is 0 Å². The SMILES string of the molecule is CC1(C)C(O)CC1NC(=O)c1cncnc1. The minimum atomic E-state index is -0.343. The van der Waals surface area contributed by atoms with E-state index in [-0.39, 0.29) is 23.5 Å². The summed E-state index contributed by atoms with van der Waals surface area (Å²) in [5, 5.41) is 12.4. The lowest BCUT2D eigenvalue weighted by molar-refractivity contribution is -0.0689. The molecule has 1 aromatic heterocycles. The highest BCUT2D eigenvalue weighted by atomic mass is 16.3. The molecule has 2 atom stereocenters. The van der Waals surface area contributed by atoms with Gasteiger partial charge in [0.2, 0.25) is 0 Å². The van der Waals surface area contributed by atoms with Gasteiger partial charge in [-0.3, -0.25) is 4.79 Å². The highest BCUT2D eigenvalue weighted by molar-refractivity contribution is 5.93. The summed E-state index contributed by atoms with van der Waals surface area (Å²) in [6, 6.07) is 0.00945. The number of amides is 1. The monoisotopic (exact) mass is 221 g/mol. The molecule has 1 aromatic rings. The lowest BCUT2D eigenvalue weighted by atomic mass is 9.64. The van der Waals surface area contributed by atoms with Crippen molar-refractivity contribution < 1.29 is 9.90 Å². The summed E-state index contributed by atoms with van der Waals surface area (Å²) in [7, 11) is 0. The maximum atomic E-state index is 11.8. The fraction of sp³-hybridized carbons (Fsp3) is 0.545. The van der Waals surface area contributed by atoms with Crippen LogP contribution in [0.2, 0.25) is 0 Å². The van der Waals surface area contributed by atoms with Crippen molar-refractivity contribution in [1.29, 1.82) is 0 Å². The quantitative estimate of drug-likeness (QED) is 0.756. The van der Waals surface area contributed by atoms with Crippen molar-refractivity contribution in [3.05, 3.63) is 24.3 Å². The zero-order valence-corrected chi connectivity index (χ0v) is 9.34. The molecule has 1 aliphatic rings. The second-order valence-electron chi connectivity index (χ2n) is 4.73. The molecule has 0 aromatic carbocycles. The average Bonchev–Trinajstić information content (AvgIpc) is 2.29. The van der Waals surface area contributed by atoms with Crippen molar-refractivity contribution in [1.82, 2.24) is 15.3 Å². The average molecular weight is 221 g/mol. The number of hydrogen-bond acceptors (Lipinski definition) is 4. The predicted octanol–water partition coefficient (Wildman–Crippen LogP) is 0.366. The van der Waals surface area contributed by atoms with Gasteiger partial charge < -0.3 is 10.4 Å². The lowest BCUT2D eigenvalue weighted by Crippen LogP contribution is -2.61. The van der Waals surface area contributed by atoms with E-state index in [1.165, 1.54) is 18.7 Å². The highest BCUT2D eigenvalue weighted by Gasteiger charge is 2.47. The number of aliphatic hydroxyl groups excluding tert-OH is 1. The Balaban J connectivity index is 2.00. The molecule has 1 saturated carbocycles. The van der Waals surface area contributed by atoms with E-state index in [1.807, 2.05) is 13.8 Å². The normalized spacial score (nSPS) is 26.9. The molecular weight excluding hydrogens is 206 g/mol. The van der Waals surface area contributed by atoms with Gasteiger partial charge in [0, 0.05) is 23.9 Å². The van der Waals surface area contributed by atoms with E-state index < -0.39 is 0 Å². The van der Waals surface area contributed by atoms with Crippen molar-refractivity contribution in [3.8, 4) is 0 Å². The Morgan fingerprint density at radius 3 is 2.62 bits per heavy atom. The number of nitrogens with zero attached hydrogens (tertiary/aromatic N) is 2. The van der Waals surface area contributed by atoms with E-state index in [1.54, 1.807) is 0 Å². The number of aromatic nitrogens is 2. The Kier molecular flexibility index (Phi) is 2.63. The third-order valence-corrected chi connectivity index (χ3v) is 3.34. The smallest absolute Gasteiger partial charge is 0.254 e. The Bertz CT molecular complexity index is 391. The molecule has 0 radical (unpaired) electrons. The van der Waals surface area contributed by atoms with Gasteiger partial charge in [0.15, 0.2) is 0 Å². The second-order valence-corrected chi connectivity index (χ2v) is 4.73.